The number of carbonyl (C=O) groups excluding carboxylic acids is 1. The van der Waals surface area contributed by atoms with Gasteiger partial charge in [-0.05, 0) is 48.7 Å². The van der Waals surface area contributed by atoms with Gasteiger partial charge in [-0.3, -0.25) is 4.79 Å². The highest BCUT2D eigenvalue weighted by Crippen LogP contribution is 2.37. The Kier molecular flexibility index (Phi) is 4.87. The molecule has 6 nitrogen and oxygen atoms in total. The van der Waals surface area contributed by atoms with Gasteiger partial charge >= 0.3 is 0 Å². The maximum absolute atomic E-state index is 13.0. The van der Waals surface area contributed by atoms with E-state index in [0.29, 0.717) is 35.2 Å². The molecule has 0 radical (unpaired) electrons. The second-order valence-corrected chi connectivity index (χ2v) is 8.15. The van der Waals surface area contributed by atoms with Crippen LogP contribution in [0, 0.1) is 5.92 Å². The fourth-order valence-electron chi connectivity index (χ4n) is 3.69. The van der Waals surface area contributed by atoms with E-state index in [1.807, 2.05) is 30.3 Å². The van der Waals surface area contributed by atoms with Crippen LogP contribution in [0.3, 0.4) is 0 Å². The van der Waals surface area contributed by atoms with Crippen LogP contribution < -0.4 is 14.4 Å². The molecule has 0 unspecified atom stereocenters. The number of ether oxygens (including phenoxy) is 2. The Morgan fingerprint density at radius 1 is 1.10 bits per heavy atom. The van der Waals surface area contributed by atoms with E-state index in [1.165, 1.54) is 12.8 Å². The van der Waals surface area contributed by atoms with E-state index >= 15 is 0 Å². The average molecular weight is 424 g/mol. The Hall–Kier alpha value is -2.99. The van der Waals surface area contributed by atoms with Crippen LogP contribution in [0.1, 0.15) is 35.3 Å². The van der Waals surface area contributed by atoms with Crippen LogP contribution in [0.25, 0.3) is 5.69 Å². The van der Waals surface area contributed by atoms with Crippen LogP contribution >= 0.6 is 11.6 Å². The second kappa shape index (κ2) is 7.69. The van der Waals surface area contributed by atoms with Crippen LogP contribution in [0.2, 0.25) is 5.02 Å². The summed E-state index contributed by atoms with van der Waals surface area (Å²) < 4.78 is 13.1. The Morgan fingerprint density at radius 2 is 1.87 bits per heavy atom. The normalized spacial score (nSPS) is 15.4. The number of benzene rings is 2. The topological polar surface area (TPSA) is 56.6 Å². The molecule has 154 valence electrons. The molecule has 1 amide bonds. The molecule has 0 saturated heterocycles. The van der Waals surface area contributed by atoms with Gasteiger partial charge in [-0.25, -0.2) is 4.68 Å². The minimum Gasteiger partial charge on any atom is -0.493 e. The van der Waals surface area contributed by atoms with Gasteiger partial charge in [-0.2, -0.15) is 5.10 Å². The average Bonchev–Trinajstić information content (AvgIpc) is 3.41. The first kappa shape index (κ1) is 19.0. The van der Waals surface area contributed by atoms with E-state index in [9.17, 15) is 4.79 Å². The summed E-state index contributed by atoms with van der Waals surface area (Å²) in [6.07, 6.45) is 5.47. The van der Waals surface area contributed by atoms with Crippen molar-refractivity contribution in [2.75, 3.05) is 18.6 Å². The number of aromatic nitrogens is 2. The minimum absolute atomic E-state index is 0.0744. The molecule has 1 fully saturated rings. The molecule has 7 heteroatoms. The van der Waals surface area contributed by atoms with E-state index in [1.54, 1.807) is 35.0 Å². The van der Waals surface area contributed by atoms with Crippen LogP contribution in [-0.4, -0.2) is 29.4 Å². The molecule has 2 aromatic carbocycles. The third-order valence-electron chi connectivity index (χ3n) is 5.60. The first-order valence-electron chi connectivity index (χ1n) is 10.1. The van der Waals surface area contributed by atoms with Crippen molar-refractivity contribution < 1.29 is 14.3 Å². The third kappa shape index (κ3) is 3.63. The fourth-order valence-corrected chi connectivity index (χ4v) is 3.82. The second-order valence-electron chi connectivity index (χ2n) is 7.72. The molecule has 30 heavy (non-hydrogen) atoms. The number of hydrogen-bond donors (Lipinski definition) is 0. The Balaban J connectivity index is 1.33. The number of fused-ring (bicyclic) bond motifs is 1. The Morgan fingerprint density at radius 3 is 2.57 bits per heavy atom. The molecule has 0 atom stereocenters. The number of carbonyl (C=O) groups is 1. The standard InChI is InChI=1S/C23H22ClN3O3/c1-29-22-12-18(8-9-21(22)30-11-10-15-2-3-15)26-14-20-19(23(26)28)13-27(25-20)17-6-4-16(24)5-7-17/h4-9,12-13,15H,2-3,10-11,14H2,1H3. The largest absolute Gasteiger partial charge is 0.493 e. The molecule has 1 aromatic heterocycles. The summed E-state index contributed by atoms with van der Waals surface area (Å²) in [6.45, 7) is 1.10. The monoisotopic (exact) mass is 423 g/mol. The van der Waals surface area contributed by atoms with Crippen molar-refractivity contribution >= 4 is 23.2 Å². The maximum atomic E-state index is 13.0. The van der Waals surface area contributed by atoms with E-state index in [4.69, 9.17) is 21.1 Å². The van der Waals surface area contributed by atoms with Crippen LogP contribution in [0.15, 0.2) is 48.7 Å². The Labute approximate surface area is 180 Å². The first-order chi connectivity index (χ1) is 14.6. The summed E-state index contributed by atoms with van der Waals surface area (Å²) in [5.74, 6) is 2.08. The van der Waals surface area contributed by atoms with Gasteiger partial charge in [0.2, 0.25) is 0 Å². The van der Waals surface area contributed by atoms with Crippen molar-refractivity contribution in [1.82, 2.24) is 9.78 Å². The molecule has 1 aliphatic carbocycles. The molecular weight excluding hydrogens is 402 g/mol. The summed E-state index contributed by atoms with van der Waals surface area (Å²) in [6, 6.07) is 13.0. The van der Waals surface area contributed by atoms with Gasteiger partial charge in [0.15, 0.2) is 11.5 Å². The highest BCUT2D eigenvalue weighted by Gasteiger charge is 2.32. The molecule has 0 bridgehead atoms. The van der Waals surface area contributed by atoms with Gasteiger partial charge in [-0.1, -0.05) is 24.4 Å². The lowest BCUT2D eigenvalue weighted by Gasteiger charge is -2.18. The van der Waals surface area contributed by atoms with Gasteiger partial charge in [-0.15, -0.1) is 0 Å². The van der Waals surface area contributed by atoms with Crippen molar-refractivity contribution in [3.63, 3.8) is 0 Å². The van der Waals surface area contributed by atoms with Crippen molar-refractivity contribution in [3.8, 4) is 17.2 Å². The molecule has 5 rings (SSSR count). The van der Waals surface area contributed by atoms with E-state index in [2.05, 4.69) is 5.10 Å². The summed E-state index contributed by atoms with van der Waals surface area (Å²) in [5, 5.41) is 5.26. The zero-order valence-corrected chi connectivity index (χ0v) is 17.4. The number of methoxy groups -OCH3 is 1. The number of amides is 1. The molecule has 2 aliphatic rings. The van der Waals surface area contributed by atoms with Crippen molar-refractivity contribution in [1.29, 1.82) is 0 Å². The van der Waals surface area contributed by atoms with E-state index < -0.39 is 0 Å². The lowest BCUT2D eigenvalue weighted by molar-refractivity contribution is 0.0996. The molecule has 2 heterocycles. The summed E-state index contributed by atoms with van der Waals surface area (Å²) >= 11 is 5.95. The van der Waals surface area contributed by atoms with Crippen molar-refractivity contribution in [2.45, 2.75) is 25.8 Å². The summed E-state index contributed by atoms with van der Waals surface area (Å²) in [5.41, 5.74) is 2.98. The quantitative estimate of drug-likeness (QED) is 0.543. The predicted molar refractivity (Wildman–Crippen MR) is 115 cm³/mol. The molecular formula is C23H22ClN3O3. The van der Waals surface area contributed by atoms with Gasteiger partial charge in [0.25, 0.3) is 5.91 Å². The molecule has 0 spiro atoms. The summed E-state index contributed by atoms with van der Waals surface area (Å²) in [4.78, 5) is 14.7. The smallest absolute Gasteiger partial charge is 0.262 e. The van der Waals surface area contributed by atoms with Crippen LogP contribution in [-0.2, 0) is 6.54 Å². The third-order valence-corrected chi connectivity index (χ3v) is 5.86. The maximum Gasteiger partial charge on any atom is 0.262 e. The fraction of sp³-hybridized carbons (Fsp3) is 0.304. The molecule has 0 N–H and O–H groups in total. The lowest BCUT2D eigenvalue weighted by atomic mass is 10.2. The van der Waals surface area contributed by atoms with Gasteiger partial charge in [0, 0.05) is 23.0 Å². The number of rotatable bonds is 7. The minimum atomic E-state index is -0.0744. The van der Waals surface area contributed by atoms with Crippen molar-refractivity contribution in [3.05, 3.63) is 64.9 Å². The zero-order chi connectivity index (χ0) is 20.7. The number of nitrogens with zero attached hydrogens (tertiary/aromatic N) is 3. The SMILES string of the molecule is COc1cc(N2Cc3nn(-c4ccc(Cl)cc4)cc3C2=O)ccc1OCCC1CC1. The van der Waals surface area contributed by atoms with Crippen LogP contribution in [0.5, 0.6) is 11.5 Å². The number of halogens is 1. The number of anilines is 1. The molecule has 1 saturated carbocycles. The first-order valence-corrected chi connectivity index (χ1v) is 10.5. The van der Waals surface area contributed by atoms with Gasteiger partial charge < -0.3 is 14.4 Å². The van der Waals surface area contributed by atoms with Gasteiger partial charge in [0.05, 0.1) is 37.2 Å². The predicted octanol–water partition coefficient (Wildman–Crippen LogP) is 4.87. The zero-order valence-electron chi connectivity index (χ0n) is 16.7. The van der Waals surface area contributed by atoms with Crippen LogP contribution in [0.4, 0.5) is 5.69 Å². The van der Waals surface area contributed by atoms with E-state index in [-0.39, 0.29) is 5.91 Å². The molecule has 1 aliphatic heterocycles. The molecule has 3 aromatic rings. The van der Waals surface area contributed by atoms with Gasteiger partial charge in [0.1, 0.15) is 0 Å². The summed E-state index contributed by atoms with van der Waals surface area (Å²) in [7, 11) is 1.62. The highest BCUT2D eigenvalue weighted by atomic mass is 35.5. The van der Waals surface area contributed by atoms with E-state index in [0.717, 1.165) is 29.4 Å². The van der Waals surface area contributed by atoms with Crippen molar-refractivity contribution in [2.24, 2.45) is 5.92 Å². The Bertz CT molecular complexity index is 1090. The number of hydrogen-bond acceptors (Lipinski definition) is 4. The lowest BCUT2D eigenvalue weighted by Crippen LogP contribution is -2.23. The highest BCUT2D eigenvalue weighted by molar-refractivity contribution is 6.30.